The highest BCUT2D eigenvalue weighted by molar-refractivity contribution is 5.61. The van der Waals surface area contributed by atoms with Crippen molar-refractivity contribution >= 4 is 5.69 Å². The standard InChI is InChI=1S/C14H20N2O/c1-11(2)9-16(3)10-12-5-4-6-13-14(12)17-8-7-15-13/h4-6,15H,1,7-10H2,2-3H3. The number of nitrogens with one attached hydrogen (secondary N) is 1. The molecule has 0 fully saturated rings. The Balaban J connectivity index is 2.13. The zero-order valence-electron chi connectivity index (χ0n) is 10.6. The number of hydrogen-bond acceptors (Lipinski definition) is 3. The number of anilines is 1. The first-order valence-corrected chi connectivity index (χ1v) is 5.98. The monoisotopic (exact) mass is 232 g/mol. The van der Waals surface area contributed by atoms with Crippen molar-refractivity contribution in [1.29, 1.82) is 0 Å². The third-order valence-electron chi connectivity index (χ3n) is 2.74. The van der Waals surface area contributed by atoms with Crippen molar-refractivity contribution in [2.45, 2.75) is 13.5 Å². The quantitative estimate of drug-likeness (QED) is 0.807. The maximum atomic E-state index is 5.75. The van der Waals surface area contributed by atoms with Gasteiger partial charge in [-0.05, 0) is 20.0 Å². The molecule has 0 saturated carbocycles. The van der Waals surface area contributed by atoms with E-state index in [1.807, 2.05) is 0 Å². The molecule has 1 aliphatic rings. The Morgan fingerprint density at radius 3 is 3.12 bits per heavy atom. The fourth-order valence-corrected chi connectivity index (χ4v) is 2.17. The second-order valence-corrected chi connectivity index (χ2v) is 4.70. The Morgan fingerprint density at radius 2 is 2.35 bits per heavy atom. The lowest BCUT2D eigenvalue weighted by atomic mass is 10.1. The summed E-state index contributed by atoms with van der Waals surface area (Å²) in [6.45, 7) is 9.42. The zero-order chi connectivity index (χ0) is 12.3. The summed E-state index contributed by atoms with van der Waals surface area (Å²) in [5.41, 5.74) is 3.52. The van der Waals surface area contributed by atoms with Gasteiger partial charge in [-0.1, -0.05) is 24.3 Å². The molecule has 0 aromatic heterocycles. The largest absolute Gasteiger partial charge is 0.489 e. The van der Waals surface area contributed by atoms with Crippen molar-refractivity contribution in [3.63, 3.8) is 0 Å². The minimum absolute atomic E-state index is 0.744. The first-order chi connectivity index (χ1) is 8.16. The van der Waals surface area contributed by atoms with Gasteiger partial charge in [0.15, 0.2) is 0 Å². The summed E-state index contributed by atoms with van der Waals surface area (Å²) in [7, 11) is 2.10. The van der Waals surface area contributed by atoms with E-state index in [4.69, 9.17) is 4.74 Å². The second-order valence-electron chi connectivity index (χ2n) is 4.70. The molecule has 92 valence electrons. The number of likely N-dealkylation sites (N-methyl/N-ethyl adjacent to an activating group) is 1. The van der Waals surface area contributed by atoms with Gasteiger partial charge in [0.25, 0.3) is 0 Å². The molecule has 0 radical (unpaired) electrons. The van der Waals surface area contributed by atoms with Gasteiger partial charge < -0.3 is 10.1 Å². The summed E-state index contributed by atoms with van der Waals surface area (Å²) < 4.78 is 5.75. The average molecular weight is 232 g/mol. The number of fused-ring (bicyclic) bond motifs is 1. The molecule has 1 aromatic rings. The van der Waals surface area contributed by atoms with Gasteiger partial charge in [-0.25, -0.2) is 0 Å². The molecular weight excluding hydrogens is 212 g/mol. The van der Waals surface area contributed by atoms with Gasteiger partial charge in [-0.2, -0.15) is 0 Å². The van der Waals surface area contributed by atoms with Crippen LogP contribution in [0.2, 0.25) is 0 Å². The van der Waals surface area contributed by atoms with Crippen LogP contribution in [0, 0.1) is 0 Å². The Bertz CT molecular complexity index is 415. The van der Waals surface area contributed by atoms with E-state index >= 15 is 0 Å². The van der Waals surface area contributed by atoms with Gasteiger partial charge in [0.05, 0.1) is 5.69 Å². The fraction of sp³-hybridized carbons (Fsp3) is 0.429. The highest BCUT2D eigenvalue weighted by atomic mass is 16.5. The molecule has 1 aliphatic heterocycles. The number of nitrogens with zero attached hydrogens (tertiary/aromatic N) is 1. The van der Waals surface area contributed by atoms with Crippen LogP contribution in [-0.4, -0.2) is 31.6 Å². The minimum atomic E-state index is 0.744. The molecule has 0 atom stereocenters. The van der Waals surface area contributed by atoms with Gasteiger partial charge in [0, 0.05) is 25.2 Å². The van der Waals surface area contributed by atoms with Crippen LogP contribution in [0.3, 0.4) is 0 Å². The molecule has 1 N–H and O–H groups in total. The van der Waals surface area contributed by atoms with Gasteiger partial charge in [0.1, 0.15) is 12.4 Å². The summed E-state index contributed by atoms with van der Waals surface area (Å²) in [4.78, 5) is 2.25. The normalized spacial score (nSPS) is 13.8. The lowest BCUT2D eigenvalue weighted by Gasteiger charge is -2.24. The molecule has 1 heterocycles. The smallest absolute Gasteiger partial charge is 0.146 e. The van der Waals surface area contributed by atoms with Gasteiger partial charge in [0.2, 0.25) is 0 Å². The molecule has 3 heteroatoms. The van der Waals surface area contributed by atoms with E-state index < -0.39 is 0 Å². The molecular formula is C14H20N2O. The van der Waals surface area contributed by atoms with Crippen molar-refractivity contribution in [1.82, 2.24) is 4.90 Å². The zero-order valence-corrected chi connectivity index (χ0v) is 10.6. The summed E-state index contributed by atoms with van der Waals surface area (Å²) in [6, 6.07) is 6.27. The van der Waals surface area contributed by atoms with Crippen molar-refractivity contribution in [3.05, 3.63) is 35.9 Å². The Hall–Kier alpha value is -1.48. The van der Waals surface area contributed by atoms with Crippen LogP contribution >= 0.6 is 0 Å². The molecule has 0 saturated heterocycles. The SMILES string of the molecule is C=C(C)CN(C)Cc1cccc2c1OCCN2. The van der Waals surface area contributed by atoms with Crippen LogP contribution in [0.4, 0.5) is 5.69 Å². The average Bonchev–Trinajstić information content (AvgIpc) is 2.28. The molecule has 0 spiro atoms. The Labute approximate surface area is 103 Å². The lowest BCUT2D eigenvalue weighted by molar-refractivity contribution is 0.304. The third kappa shape index (κ3) is 3.01. The first kappa shape index (κ1) is 12.0. The Morgan fingerprint density at radius 1 is 1.53 bits per heavy atom. The van der Waals surface area contributed by atoms with Crippen molar-refractivity contribution in [2.75, 3.05) is 32.1 Å². The van der Waals surface area contributed by atoms with E-state index in [1.165, 1.54) is 11.1 Å². The maximum Gasteiger partial charge on any atom is 0.146 e. The summed E-state index contributed by atoms with van der Waals surface area (Å²) >= 11 is 0. The van der Waals surface area contributed by atoms with Gasteiger partial charge in [-0.15, -0.1) is 0 Å². The molecule has 3 nitrogen and oxygen atoms in total. The maximum absolute atomic E-state index is 5.75. The molecule has 1 aromatic carbocycles. The molecule has 2 rings (SSSR count). The van der Waals surface area contributed by atoms with Gasteiger partial charge >= 0.3 is 0 Å². The van der Waals surface area contributed by atoms with Crippen molar-refractivity contribution < 1.29 is 4.74 Å². The fourth-order valence-electron chi connectivity index (χ4n) is 2.17. The predicted molar refractivity (Wildman–Crippen MR) is 71.6 cm³/mol. The van der Waals surface area contributed by atoms with Crippen LogP contribution in [0.25, 0.3) is 0 Å². The summed E-state index contributed by atoms with van der Waals surface area (Å²) in [5, 5.41) is 3.36. The van der Waals surface area contributed by atoms with E-state index in [2.05, 4.69) is 49.0 Å². The molecule has 0 amide bonds. The lowest BCUT2D eigenvalue weighted by Crippen LogP contribution is -2.23. The minimum Gasteiger partial charge on any atom is -0.489 e. The molecule has 0 bridgehead atoms. The van der Waals surface area contributed by atoms with E-state index in [9.17, 15) is 0 Å². The third-order valence-corrected chi connectivity index (χ3v) is 2.74. The van der Waals surface area contributed by atoms with Crippen LogP contribution in [-0.2, 0) is 6.54 Å². The van der Waals surface area contributed by atoms with E-state index in [0.717, 1.165) is 37.7 Å². The first-order valence-electron chi connectivity index (χ1n) is 5.98. The highest BCUT2D eigenvalue weighted by Gasteiger charge is 2.14. The van der Waals surface area contributed by atoms with Crippen LogP contribution in [0.1, 0.15) is 12.5 Å². The summed E-state index contributed by atoms with van der Waals surface area (Å²) in [5.74, 6) is 1.01. The van der Waals surface area contributed by atoms with Crippen LogP contribution < -0.4 is 10.1 Å². The highest BCUT2D eigenvalue weighted by Crippen LogP contribution is 2.31. The predicted octanol–water partition coefficient (Wildman–Crippen LogP) is 2.50. The Kier molecular flexibility index (Phi) is 3.69. The van der Waals surface area contributed by atoms with Crippen LogP contribution in [0.15, 0.2) is 30.4 Å². The van der Waals surface area contributed by atoms with Crippen molar-refractivity contribution in [2.24, 2.45) is 0 Å². The van der Waals surface area contributed by atoms with E-state index in [1.54, 1.807) is 0 Å². The second kappa shape index (κ2) is 5.23. The van der Waals surface area contributed by atoms with E-state index in [0.29, 0.717) is 0 Å². The number of benzene rings is 1. The number of para-hydroxylation sites is 1. The number of rotatable bonds is 4. The van der Waals surface area contributed by atoms with E-state index in [-0.39, 0.29) is 0 Å². The topological polar surface area (TPSA) is 24.5 Å². The molecule has 17 heavy (non-hydrogen) atoms. The van der Waals surface area contributed by atoms with Crippen LogP contribution in [0.5, 0.6) is 5.75 Å². The summed E-state index contributed by atoms with van der Waals surface area (Å²) in [6.07, 6.45) is 0. The van der Waals surface area contributed by atoms with Gasteiger partial charge in [-0.3, -0.25) is 4.90 Å². The van der Waals surface area contributed by atoms with Crippen molar-refractivity contribution in [3.8, 4) is 5.75 Å². The molecule has 0 aliphatic carbocycles. The number of ether oxygens (including phenoxy) is 1. The number of hydrogen-bond donors (Lipinski definition) is 1. The molecule has 0 unspecified atom stereocenters.